The second-order valence-electron chi connectivity index (χ2n) is 9.01. The number of hydrogen-bond donors (Lipinski definition) is 3. The molecule has 0 radical (unpaired) electrons. The Bertz CT molecular complexity index is 1470. The standard InChI is InChI=1S/C25H20ClF3N4O2/c1-11-5-4-6-15(26)19(11)32-24-30-18-9-13(22-14(20(18)33-24)10-25(2,3)35-22)23(34)31-21-16(28)7-12(27)8-17(21)29/h4-9H,10H2,1-3H3,(H,31,34)(H2,30,32,33). The molecule has 6 nitrogen and oxygen atoms in total. The van der Waals surface area contributed by atoms with Crippen molar-refractivity contribution in [3.63, 3.8) is 0 Å². The molecule has 10 heteroatoms. The van der Waals surface area contributed by atoms with Gasteiger partial charge in [-0.2, -0.15) is 0 Å². The normalized spacial score (nSPS) is 14.0. The maximum atomic E-state index is 14.2. The molecule has 5 rings (SSSR count). The lowest BCUT2D eigenvalue weighted by Crippen LogP contribution is -2.25. The van der Waals surface area contributed by atoms with Crippen LogP contribution in [-0.2, 0) is 6.42 Å². The Morgan fingerprint density at radius 3 is 2.54 bits per heavy atom. The molecule has 3 N–H and O–H groups in total. The van der Waals surface area contributed by atoms with Gasteiger partial charge in [-0.3, -0.25) is 4.79 Å². The maximum Gasteiger partial charge on any atom is 0.259 e. The number of nitrogens with one attached hydrogen (secondary N) is 3. The fourth-order valence-corrected chi connectivity index (χ4v) is 4.47. The molecule has 4 aromatic rings. The highest BCUT2D eigenvalue weighted by Gasteiger charge is 2.36. The first-order chi connectivity index (χ1) is 16.5. The van der Waals surface area contributed by atoms with Gasteiger partial charge in [0.25, 0.3) is 5.91 Å². The third-order valence-electron chi connectivity index (χ3n) is 5.76. The van der Waals surface area contributed by atoms with Crippen molar-refractivity contribution in [3.05, 3.63) is 75.6 Å². The number of aromatic amines is 1. The van der Waals surface area contributed by atoms with Crippen LogP contribution < -0.4 is 15.4 Å². The van der Waals surface area contributed by atoms with Crippen LogP contribution in [0.2, 0.25) is 5.02 Å². The van der Waals surface area contributed by atoms with E-state index in [1.54, 1.807) is 6.07 Å². The molecular formula is C25H20ClF3N4O2. The number of carbonyl (C=O) groups excluding carboxylic acids is 1. The van der Waals surface area contributed by atoms with Crippen molar-refractivity contribution in [2.45, 2.75) is 32.8 Å². The van der Waals surface area contributed by atoms with Crippen molar-refractivity contribution in [1.29, 1.82) is 0 Å². The smallest absolute Gasteiger partial charge is 0.259 e. The summed E-state index contributed by atoms with van der Waals surface area (Å²) in [7, 11) is 0. The third-order valence-corrected chi connectivity index (χ3v) is 6.08. The van der Waals surface area contributed by atoms with Gasteiger partial charge < -0.3 is 20.4 Å². The summed E-state index contributed by atoms with van der Waals surface area (Å²) >= 11 is 6.33. The molecule has 0 fully saturated rings. The first-order valence-corrected chi connectivity index (χ1v) is 11.1. The number of benzene rings is 3. The summed E-state index contributed by atoms with van der Waals surface area (Å²) in [5.41, 5.74) is 2.06. The van der Waals surface area contributed by atoms with Gasteiger partial charge in [-0.15, -0.1) is 0 Å². The van der Waals surface area contributed by atoms with Crippen LogP contribution in [0.1, 0.15) is 35.3 Å². The van der Waals surface area contributed by atoms with Gasteiger partial charge in [0.15, 0.2) is 11.6 Å². The number of aromatic nitrogens is 2. The van der Waals surface area contributed by atoms with Crippen molar-refractivity contribution in [3.8, 4) is 5.75 Å². The minimum Gasteiger partial charge on any atom is -0.486 e. The summed E-state index contributed by atoms with van der Waals surface area (Å²) in [6.45, 7) is 5.62. The van der Waals surface area contributed by atoms with Crippen LogP contribution in [0.15, 0.2) is 36.4 Å². The second kappa shape index (κ2) is 8.20. The highest BCUT2D eigenvalue weighted by molar-refractivity contribution is 6.33. The number of fused-ring (bicyclic) bond motifs is 3. The average Bonchev–Trinajstić information content (AvgIpc) is 3.31. The molecule has 0 atom stereocenters. The Labute approximate surface area is 203 Å². The van der Waals surface area contributed by atoms with Gasteiger partial charge in [0, 0.05) is 24.1 Å². The van der Waals surface area contributed by atoms with Gasteiger partial charge in [0.05, 0.1) is 27.3 Å². The quantitative estimate of drug-likeness (QED) is 0.293. The topological polar surface area (TPSA) is 79.0 Å². The minimum atomic E-state index is -1.22. The summed E-state index contributed by atoms with van der Waals surface area (Å²) in [5.74, 6) is -3.67. The average molecular weight is 501 g/mol. The number of para-hydroxylation sites is 1. The number of halogens is 4. The number of H-pyrrole nitrogens is 1. The van der Waals surface area contributed by atoms with E-state index in [-0.39, 0.29) is 11.3 Å². The van der Waals surface area contributed by atoms with Gasteiger partial charge in [-0.25, -0.2) is 18.2 Å². The number of carbonyl (C=O) groups is 1. The Hall–Kier alpha value is -3.72. The minimum absolute atomic E-state index is 0.0605. The molecule has 3 aromatic carbocycles. The summed E-state index contributed by atoms with van der Waals surface area (Å²) in [4.78, 5) is 20.9. The first kappa shape index (κ1) is 23.0. The fraction of sp³-hybridized carbons (Fsp3) is 0.200. The molecule has 2 heterocycles. The van der Waals surface area contributed by atoms with E-state index in [1.807, 2.05) is 32.9 Å². The zero-order valence-corrected chi connectivity index (χ0v) is 19.7. The number of ether oxygens (including phenoxy) is 1. The molecule has 0 saturated heterocycles. The van der Waals surface area contributed by atoms with E-state index in [2.05, 4.69) is 20.6 Å². The number of imidazole rings is 1. The SMILES string of the molecule is Cc1cccc(Cl)c1Nc1nc2c3c(c(C(=O)Nc4c(F)cc(F)cc4F)cc2[nH]1)OC(C)(C)C3. The number of rotatable bonds is 4. The first-order valence-electron chi connectivity index (χ1n) is 10.7. The van der Waals surface area contributed by atoms with Gasteiger partial charge in [0.1, 0.15) is 22.9 Å². The molecular weight excluding hydrogens is 481 g/mol. The van der Waals surface area contributed by atoms with Crippen LogP contribution >= 0.6 is 11.6 Å². The highest BCUT2D eigenvalue weighted by Crippen LogP contribution is 2.43. The van der Waals surface area contributed by atoms with E-state index in [1.165, 1.54) is 6.07 Å². The largest absolute Gasteiger partial charge is 0.486 e. The van der Waals surface area contributed by atoms with Crippen LogP contribution in [0.3, 0.4) is 0 Å². The predicted octanol–water partition coefficient (Wildman–Crippen LogP) is 6.65. The van der Waals surface area contributed by atoms with Crippen molar-refractivity contribution >= 4 is 45.9 Å². The van der Waals surface area contributed by atoms with Crippen LogP contribution in [0.4, 0.5) is 30.5 Å². The van der Waals surface area contributed by atoms with Crippen LogP contribution in [0, 0.1) is 24.4 Å². The number of anilines is 3. The summed E-state index contributed by atoms with van der Waals surface area (Å²) in [6.07, 6.45) is 0.453. The predicted molar refractivity (Wildman–Crippen MR) is 128 cm³/mol. The van der Waals surface area contributed by atoms with Crippen LogP contribution in [-0.4, -0.2) is 21.5 Å². The van der Waals surface area contributed by atoms with E-state index >= 15 is 0 Å². The second-order valence-corrected chi connectivity index (χ2v) is 9.41. The number of amides is 1. The lowest BCUT2D eigenvalue weighted by atomic mass is 9.98. The van der Waals surface area contributed by atoms with Gasteiger partial charge in [-0.05, 0) is 38.5 Å². The van der Waals surface area contributed by atoms with Gasteiger partial charge >= 0.3 is 0 Å². The summed E-state index contributed by atoms with van der Waals surface area (Å²) in [5, 5.41) is 5.90. The molecule has 1 aromatic heterocycles. The van der Waals surface area contributed by atoms with Crippen LogP contribution in [0.5, 0.6) is 5.75 Å². The molecule has 0 bridgehead atoms. The van der Waals surface area contributed by atoms with Gasteiger partial charge in [-0.1, -0.05) is 23.7 Å². The zero-order valence-electron chi connectivity index (χ0n) is 18.9. The zero-order chi connectivity index (χ0) is 25.1. The number of hydrogen-bond acceptors (Lipinski definition) is 4. The van der Waals surface area contributed by atoms with E-state index < -0.39 is 34.6 Å². The van der Waals surface area contributed by atoms with Crippen molar-refractivity contribution < 1.29 is 22.7 Å². The van der Waals surface area contributed by atoms with E-state index in [4.69, 9.17) is 16.3 Å². The molecule has 180 valence electrons. The highest BCUT2D eigenvalue weighted by atomic mass is 35.5. The summed E-state index contributed by atoms with van der Waals surface area (Å²) in [6, 6.07) is 7.99. The fourth-order valence-electron chi connectivity index (χ4n) is 4.20. The number of aryl methyl sites for hydroxylation is 1. The van der Waals surface area contributed by atoms with Gasteiger partial charge in [0.2, 0.25) is 5.95 Å². The van der Waals surface area contributed by atoms with E-state index in [0.29, 0.717) is 51.8 Å². The van der Waals surface area contributed by atoms with Crippen LogP contribution in [0.25, 0.3) is 11.0 Å². The lowest BCUT2D eigenvalue weighted by Gasteiger charge is -2.18. The molecule has 0 aliphatic carbocycles. The Kier molecular flexibility index (Phi) is 5.40. The molecule has 0 saturated carbocycles. The molecule has 1 amide bonds. The Balaban J connectivity index is 1.58. The molecule has 0 unspecified atom stereocenters. The number of nitrogens with zero attached hydrogens (tertiary/aromatic N) is 1. The molecule has 0 spiro atoms. The van der Waals surface area contributed by atoms with Crippen molar-refractivity contribution in [1.82, 2.24) is 9.97 Å². The van der Waals surface area contributed by atoms with E-state index in [9.17, 15) is 18.0 Å². The summed E-state index contributed by atoms with van der Waals surface area (Å²) < 4.78 is 47.6. The van der Waals surface area contributed by atoms with Crippen molar-refractivity contribution in [2.75, 3.05) is 10.6 Å². The molecule has 35 heavy (non-hydrogen) atoms. The van der Waals surface area contributed by atoms with Crippen molar-refractivity contribution in [2.24, 2.45) is 0 Å². The van der Waals surface area contributed by atoms with E-state index in [0.717, 1.165) is 5.56 Å². The molecule has 1 aliphatic rings. The molecule has 1 aliphatic heterocycles. The lowest BCUT2D eigenvalue weighted by molar-refractivity contribution is 0.101. The third kappa shape index (κ3) is 4.16. The Morgan fingerprint density at radius 1 is 1.14 bits per heavy atom. The Morgan fingerprint density at radius 2 is 1.86 bits per heavy atom. The maximum absolute atomic E-state index is 14.2. The monoisotopic (exact) mass is 500 g/mol.